The van der Waals surface area contributed by atoms with E-state index in [0.29, 0.717) is 5.88 Å². The fourth-order valence-corrected chi connectivity index (χ4v) is 2.30. The molecule has 0 radical (unpaired) electrons. The molecule has 0 aliphatic carbocycles. The maximum absolute atomic E-state index is 12.2. The summed E-state index contributed by atoms with van der Waals surface area (Å²) in [7, 11) is 0.366. The second-order valence-corrected chi connectivity index (χ2v) is 7.70. The first-order chi connectivity index (χ1) is 9.38. The van der Waals surface area contributed by atoms with Gasteiger partial charge in [0, 0.05) is 5.88 Å². The lowest BCUT2D eigenvalue weighted by Gasteiger charge is -2.15. The maximum atomic E-state index is 12.2. The Morgan fingerprint density at radius 3 is 2.35 bits per heavy atom. The standard InChI is InChI=1S/C15H22ClNO2S/c1-15(2,3)20(18)17-14(6-5-11-16)12-7-9-13(19-4)10-8-12/h7-10H,5-6,11H2,1-4H3. The zero-order valence-electron chi connectivity index (χ0n) is 12.5. The number of methoxy groups -OCH3 is 1. The van der Waals surface area contributed by atoms with Gasteiger partial charge in [-0.2, -0.15) is 4.40 Å². The predicted octanol–water partition coefficient (Wildman–Crippen LogP) is 3.97. The topological polar surface area (TPSA) is 38.7 Å². The maximum Gasteiger partial charge on any atom is 0.145 e. The molecule has 0 aliphatic heterocycles. The number of hydrogen-bond acceptors (Lipinski definition) is 2. The van der Waals surface area contributed by atoms with Gasteiger partial charge >= 0.3 is 0 Å². The van der Waals surface area contributed by atoms with E-state index >= 15 is 0 Å². The van der Waals surface area contributed by atoms with Gasteiger partial charge in [0.25, 0.3) is 0 Å². The van der Waals surface area contributed by atoms with E-state index < -0.39 is 11.0 Å². The minimum absolute atomic E-state index is 0.362. The van der Waals surface area contributed by atoms with Crippen molar-refractivity contribution in [2.75, 3.05) is 13.0 Å². The summed E-state index contributed by atoms with van der Waals surface area (Å²) >= 11 is 5.76. The summed E-state index contributed by atoms with van der Waals surface area (Å²) in [6.45, 7) is 5.75. The summed E-state index contributed by atoms with van der Waals surface area (Å²) in [4.78, 5) is 0. The van der Waals surface area contributed by atoms with Crippen LogP contribution in [0.5, 0.6) is 5.75 Å². The molecule has 1 aromatic rings. The van der Waals surface area contributed by atoms with Gasteiger partial charge in [0.05, 0.1) is 17.6 Å². The molecule has 1 aromatic carbocycles. The van der Waals surface area contributed by atoms with Crippen LogP contribution in [-0.2, 0) is 11.0 Å². The summed E-state index contributed by atoms with van der Waals surface area (Å²) < 4.78 is 21.4. The number of halogens is 1. The van der Waals surface area contributed by atoms with Gasteiger partial charge in [0.15, 0.2) is 0 Å². The Balaban J connectivity index is 3.04. The fraction of sp³-hybridized carbons (Fsp3) is 0.533. The summed E-state index contributed by atoms with van der Waals surface area (Å²) in [5.74, 6) is 1.36. The molecule has 0 N–H and O–H groups in total. The van der Waals surface area contributed by atoms with Crippen molar-refractivity contribution in [3.05, 3.63) is 29.8 Å². The molecule has 0 bridgehead atoms. The van der Waals surface area contributed by atoms with E-state index in [1.165, 1.54) is 0 Å². The number of hydrogen-bond donors (Lipinski definition) is 0. The van der Waals surface area contributed by atoms with Crippen molar-refractivity contribution in [2.24, 2.45) is 4.40 Å². The molecule has 0 aliphatic rings. The molecule has 3 nitrogen and oxygen atoms in total. The second-order valence-electron chi connectivity index (χ2n) is 5.42. The summed E-state index contributed by atoms with van der Waals surface area (Å²) in [5.41, 5.74) is 1.80. The molecule has 5 heteroatoms. The number of benzene rings is 1. The van der Waals surface area contributed by atoms with E-state index in [1.807, 2.05) is 45.0 Å². The van der Waals surface area contributed by atoms with Crippen LogP contribution in [0.4, 0.5) is 0 Å². The number of rotatable bonds is 6. The van der Waals surface area contributed by atoms with Gasteiger partial charge in [-0.1, -0.05) is 0 Å². The molecule has 1 rings (SSSR count). The van der Waals surface area contributed by atoms with Gasteiger partial charge in [-0.05, 0) is 63.4 Å². The van der Waals surface area contributed by atoms with Crippen molar-refractivity contribution in [2.45, 2.75) is 38.4 Å². The first kappa shape index (κ1) is 17.2. The average molecular weight is 316 g/mol. The molecule has 0 spiro atoms. The van der Waals surface area contributed by atoms with Crippen LogP contribution in [0.1, 0.15) is 39.2 Å². The summed E-state index contributed by atoms with van der Waals surface area (Å²) in [6.07, 6.45) is 1.53. The molecule has 0 heterocycles. The van der Waals surface area contributed by atoms with Crippen LogP contribution in [0.2, 0.25) is 0 Å². The van der Waals surface area contributed by atoms with Crippen molar-refractivity contribution in [1.82, 2.24) is 0 Å². The Morgan fingerprint density at radius 2 is 1.90 bits per heavy atom. The Hall–Kier alpha value is -0.870. The van der Waals surface area contributed by atoms with Crippen molar-refractivity contribution in [3.63, 3.8) is 0 Å². The van der Waals surface area contributed by atoms with Crippen LogP contribution in [0.15, 0.2) is 28.7 Å². The molecule has 1 unspecified atom stereocenters. The van der Waals surface area contributed by atoms with E-state index in [9.17, 15) is 4.21 Å². The van der Waals surface area contributed by atoms with Crippen LogP contribution in [0, 0.1) is 0 Å². The second kappa shape index (κ2) is 7.79. The smallest absolute Gasteiger partial charge is 0.145 e. The van der Waals surface area contributed by atoms with Crippen LogP contribution in [0.3, 0.4) is 0 Å². The summed E-state index contributed by atoms with van der Waals surface area (Å²) in [5, 5.41) is 0. The molecule has 1 atom stereocenters. The monoisotopic (exact) mass is 315 g/mol. The third-order valence-corrected chi connectivity index (χ3v) is 4.39. The molecular formula is C15H22ClNO2S. The van der Waals surface area contributed by atoms with Crippen molar-refractivity contribution in [3.8, 4) is 5.75 Å². The van der Waals surface area contributed by atoms with E-state index in [2.05, 4.69) is 4.40 Å². The Morgan fingerprint density at radius 1 is 1.30 bits per heavy atom. The SMILES string of the molecule is COc1ccc(C(CCCCl)=NS(=O)C(C)(C)C)cc1. The van der Waals surface area contributed by atoms with Crippen LogP contribution in [-0.4, -0.2) is 27.7 Å². The number of alkyl halides is 1. The summed E-state index contributed by atoms with van der Waals surface area (Å²) in [6, 6.07) is 7.63. The van der Waals surface area contributed by atoms with Gasteiger partial charge < -0.3 is 4.74 Å². The molecule has 0 saturated carbocycles. The zero-order chi connectivity index (χ0) is 15.2. The Bertz CT molecular complexity index is 478. The first-order valence-electron chi connectivity index (χ1n) is 6.58. The van der Waals surface area contributed by atoms with Crippen molar-refractivity contribution < 1.29 is 8.95 Å². The molecule has 0 saturated heterocycles. The van der Waals surface area contributed by atoms with Crippen molar-refractivity contribution >= 4 is 28.3 Å². The van der Waals surface area contributed by atoms with E-state index in [1.54, 1.807) is 7.11 Å². The van der Waals surface area contributed by atoms with Gasteiger partial charge in [-0.15, -0.1) is 11.6 Å². The Labute approximate surface area is 129 Å². The largest absolute Gasteiger partial charge is 0.497 e. The number of nitrogens with zero attached hydrogens (tertiary/aromatic N) is 1. The quantitative estimate of drug-likeness (QED) is 0.588. The molecule has 20 heavy (non-hydrogen) atoms. The lowest BCUT2D eigenvalue weighted by atomic mass is 10.1. The lowest BCUT2D eigenvalue weighted by Crippen LogP contribution is -2.21. The highest BCUT2D eigenvalue weighted by atomic mass is 35.5. The highest BCUT2D eigenvalue weighted by Gasteiger charge is 2.20. The van der Waals surface area contributed by atoms with Crippen LogP contribution in [0.25, 0.3) is 0 Å². The van der Waals surface area contributed by atoms with E-state index in [-0.39, 0.29) is 4.75 Å². The first-order valence-corrected chi connectivity index (χ1v) is 8.22. The van der Waals surface area contributed by atoms with Crippen LogP contribution >= 0.6 is 11.6 Å². The highest BCUT2D eigenvalue weighted by molar-refractivity contribution is 7.85. The molecule has 112 valence electrons. The van der Waals surface area contributed by atoms with Gasteiger partial charge in [0.2, 0.25) is 0 Å². The minimum Gasteiger partial charge on any atom is -0.497 e. The number of ether oxygens (including phenoxy) is 1. The van der Waals surface area contributed by atoms with E-state index in [0.717, 1.165) is 29.9 Å². The van der Waals surface area contributed by atoms with E-state index in [4.69, 9.17) is 16.3 Å². The predicted molar refractivity (Wildman–Crippen MR) is 87.4 cm³/mol. The molecular weight excluding hydrogens is 294 g/mol. The van der Waals surface area contributed by atoms with Crippen LogP contribution < -0.4 is 4.74 Å². The molecule has 0 fully saturated rings. The fourth-order valence-electron chi connectivity index (χ4n) is 1.50. The van der Waals surface area contributed by atoms with Crippen molar-refractivity contribution in [1.29, 1.82) is 0 Å². The lowest BCUT2D eigenvalue weighted by molar-refractivity contribution is 0.415. The normalized spacial score (nSPS) is 14.2. The molecule has 0 aromatic heterocycles. The average Bonchev–Trinajstić information content (AvgIpc) is 2.42. The third kappa shape index (κ3) is 5.25. The zero-order valence-corrected chi connectivity index (χ0v) is 14.1. The van der Waals surface area contributed by atoms with Gasteiger partial charge in [-0.25, -0.2) is 4.21 Å². The van der Waals surface area contributed by atoms with Gasteiger partial charge in [0.1, 0.15) is 16.7 Å². The van der Waals surface area contributed by atoms with Gasteiger partial charge in [-0.3, -0.25) is 0 Å². The Kier molecular flexibility index (Phi) is 6.69. The molecule has 0 amide bonds. The minimum atomic E-state index is -1.26. The highest BCUT2D eigenvalue weighted by Crippen LogP contribution is 2.18. The third-order valence-electron chi connectivity index (χ3n) is 2.69.